The second-order valence-electron chi connectivity index (χ2n) is 6.29. The maximum Gasteiger partial charge on any atom is 0.269 e. The van der Waals surface area contributed by atoms with E-state index in [1.807, 2.05) is 38.1 Å². The lowest BCUT2D eigenvalue weighted by atomic mass is 10.1. The van der Waals surface area contributed by atoms with Crippen molar-refractivity contribution in [1.29, 1.82) is 0 Å². The molecule has 0 unspecified atom stereocenters. The Labute approximate surface area is 158 Å². The number of carbonyl (C=O) groups is 3. The van der Waals surface area contributed by atoms with E-state index in [0.717, 1.165) is 16.2 Å². The highest BCUT2D eigenvalue weighted by Gasteiger charge is 2.35. The van der Waals surface area contributed by atoms with Crippen molar-refractivity contribution < 1.29 is 14.4 Å². The molecule has 1 heterocycles. The number of rotatable bonds is 6. The van der Waals surface area contributed by atoms with Gasteiger partial charge in [0.05, 0.1) is 16.8 Å². The lowest BCUT2D eigenvalue weighted by Gasteiger charge is -2.24. The van der Waals surface area contributed by atoms with Crippen molar-refractivity contribution in [2.75, 3.05) is 18.1 Å². The van der Waals surface area contributed by atoms with Gasteiger partial charge in [-0.3, -0.25) is 29.7 Å². The molecule has 0 bridgehead atoms. The number of amides is 3. The van der Waals surface area contributed by atoms with Gasteiger partial charge in [-0.2, -0.15) is 0 Å². The van der Waals surface area contributed by atoms with Gasteiger partial charge in [-0.1, -0.05) is 23.8 Å². The van der Waals surface area contributed by atoms with Gasteiger partial charge in [0, 0.05) is 18.7 Å². The summed E-state index contributed by atoms with van der Waals surface area (Å²) in [6.07, 6.45) is 1.50. The van der Waals surface area contributed by atoms with Crippen molar-refractivity contribution in [3.05, 3.63) is 77.4 Å². The van der Waals surface area contributed by atoms with Gasteiger partial charge in [0.2, 0.25) is 0 Å². The molecule has 6 heteroatoms. The average molecular weight is 363 g/mol. The number of hydrazine groups is 1. The Morgan fingerprint density at radius 1 is 1.11 bits per heavy atom. The fourth-order valence-corrected chi connectivity index (χ4v) is 2.96. The molecule has 1 aliphatic heterocycles. The quantitative estimate of drug-likeness (QED) is 0.487. The molecule has 27 heavy (non-hydrogen) atoms. The predicted octanol–water partition coefficient (Wildman–Crippen LogP) is 2.95. The molecule has 0 aliphatic carbocycles. The zero-order valence-corrected chi connectivity index (χ0v) is 15.4. The van der Waals surface area contributed by atoms with E-state index in [1.54, 1.807) is 11.1 Å². The monoisotopic (exact) mass is 363 g/mol. The maximum absolute atomic E-state index is 12.7. The average Bonchev–Trinajstić information content (AvgIpc) is 2.91. The minimum Gasteiger partial charge on any atom is -0.286 e. The third-order valence-electron chi connectivity index (χ3n) is 4.44. The SMILES string of the molecule is C=CCN1C(=O)c2ccc(C(=O)NN(CC)c3ccc(C)cc3)cc2C1=O. The minimum atomic E-state index is -0.407. The van der Waals surface area contributed by atoms with Crippen LogP contribution < -0.4 is 10.4 Å². The summed E-state index contributed by atoms with van der Waals surface area (Å²) in [5.74, 6) is -1.12. The maximum atomic E-state index is 12.7. The van der Waals surface area contributed by atoms with Crippen molar-refractivity contribution in [3.63, 3.8) is 0 Å². The Kier molecular flexibility index (Phi) is 5.07. The number of aryl methyl sites for hydroxylation is 1. The van der Waals surface area contributed by atoms with Gasteiger partial charge in [-0.25, -0.2) is 0 Å². The van der Waals surface area contributed by atoms with E-state index in [-0.39, 0.29) is 23.9 Å². The summed E-state index contributed by atoms with van der Waals surface area (Å²) < 4.78 is 0. The molecule has 6 nitrogen and oxygen atoms in total. The number of nitrogens with zero attached hydrogens (tertiary/aromatic N) is 2. The lowest BCUT2D eigenvalue weighted by Crippen LogP contribution is -2.42. The Bertz CT molecular complexity index is 919. The van der Waals surface area contributed by atoms with Gasteiger partial charge in [0.1, 0.15) is 0 Å². The van der Waals surface area contributed by atoms with Crippen LogP contribution in [0.15, 0.2) is 55.1 Å². The Morgan fingerprint density at radius 2 is 1.78 bits per heavy atom. The first-order valence-corrected chi connectivity index (χ1v) is 8.72. The first kappa shape index (κ1) is 18.4. The van der Waals surface area contributed by atoms with Crippen LogP contribution in [0.2, 0.25) is 0 Å². The molecule has 0 saturated carbocycles. The summed E-state index contributed by atoms with van der Waals surface area (Å²) in [6, 6.07) is 12.3. The molecule has 0 fully saturated rings. The molecule has 2 aromatic rings. The molecule has 0 saturated heterocycles. The largest absolute Gasteiger partial charge is 0.286 e. The summed E-state index contributed by atoms with van der Waals surface area (Å²) in [7, 11) is 0. The van der Waals surface area contributed by atoms with E-state index in [2.05, 4.69) is 12.0 Å². The van der Waals surface area contributed by atoms with Crippen molar-refractivity contribution >= 4 is 23.4 Å². The van der Waals surface area contributed by atoms with E-state index in [1.165, 1.54) is 18.2 Å². The Morgan fingerprint density at radius 3 is 2.41 bits per heavy atom. The van der Waals surface area contributed by atoms with Crippen LogP contribution in [0, 0.1) is 6.92 Å². The molecule has 2 aromatic carbocycles. The van der Waals surface area contributed by atoms with Gasteiger partial charge in [-0.15, -0.1) is 6.58 Å². The standard InChI is InChI=1S/C21H21N3O3/c1-4-12-23-20(26)17-11-8-15(13-18(17)21(23)27)19(25)22-24(5-2)16-9-6-14(3)7-10-16/h4,6-11,13H,1,5,12H2,2-3H3,(H,22,25). The minimum absolute atomic E-state index is 0.144. The third kappa shape index (κ3) is 3.46. The molecule has 0 spiro atoms. The highest BCUT2D eigenvalue weighted by Crippen LogP contribution is 2.24. The number of anilines is 1. The summed E-state index contributed by atoms with van der Waals surface area (Å²) in [4.78, 5) is 38.5. The van der Waals surface area contributed by atoms with E-state index >= 15 is 0 Å². The van der Waals surface area contributed by atoms with E-state index in [9.17, 15) is 14.4 Å². The van der Waals surface area contributed by atoms with Crippen LogP contribution in [0.1, 0.15) is 43.6 Å². The molecular formula is C21H21N3O3. The lowest BCUT2D eigenvalue weighted by molar-refractivity contribution is 0.0672. The van der Waals surface area contributed by atoms with Gasteiger partial charge in [0.15, 0.2) is 0 Å². The third-order valence-corrected chi connectivity index (χ3v) is 4.44. The smallest absolute Gasteiger partial charge is 0.269 e. The highest BCUT2D eigenvalue weighted by atomic mass is 16.2. The van der Waals surface area contributed by atoms with Crippen LogP contribution in [0.25, 0.3) is 0 Å². The molecule has 0 radical (unpaired) electrons. The first-order chi connectivity index (χ1) is 13.0. The fraction of sp³-hybridized carbons (Fsp3) is 0.190. The number of carbonyl (C=O) groups excluding carboxylic acids is 3. The summed E-state index contributed by atoms with van der Waals surface area (Å²) in [6.45, 7) is 8.21. The van der Waals surface area contributed by atoms with Gasteiger partial charge in [0.25, 0.3) is 17.7 Å². The van der Waals surface area contributed by atoms with E-state index in [4.69, 9.17) is 0 Å². The number of benzene rings is 2. The van der Waals surface area contributed by atoms with Crippen LogP contribution in [-0.4, -0.2) is 35.7 Å². The first-order valence-electron chi connectivity index (χ1n) is 8.72. The number of hydrogen-bond donors (Lipinski definition) is 1. The topological polar surface area (TPSA) is 69.7 Å². The van der Waals surface area contributed by atoms with Gasteiger partial charge in [-0.05, 0) is 44.2 Å². The van der Waals surface area contributed by atoms with Crippen LogP contribution in [0.4, 0.5) is 5.69 Å². The van der Waals surface area contributed by atoms with Crippen LogP contribution in [0.3, 0.4) is 0 Å². The summed E-state index contributed by atoms with van der Waals surface area (Å²) >= 11 is 0. The Hall–Kier alpha value is -3.41. The summed E-state index contributed by atoms with van der Waals surface area (Å²) in [5, 5.41) is 1.73. The Balaban J connectivity index is 1.82. The molecule has 3 rings (SSSR count). The van der Waals surface area contributed by atoms with E-state index < -0.39 is 5.91 Å². The molecule has 1 aliphatic rings. The number of hydrogen-bond acceptors (Lipinski definition) is 4. The molecular weight excluding hydrogens is 342 g/mol. The van der Waals surface area contributed by atoms with Gasteiger partial charge < -0.3 is 0 Å². The molecule has 1 N–H and O–H groups in total. The van der Waals surface area contributed by atoms with E-state index in [0.29, 0.717) is 17.7 Å². The predicted molar refractivity (Wildman–Crippen MR) is 104 cm³/mol. The summed E-state index contributed by atoms with van der Waals surface area (Å²) in [5.41, 5.74) is 5.71. The fourth-order valence-electron chi connectivity index (χ4n) is 2.96. The van der Waals surface area contributed by atoms with Crippen molar-refractivity contribution in [3.8, 4) is 0 Å². The highest BCUT2D eigenvalue weighted by molar-refractivity contribution is 6.22. The molecule has 3 amide bonds. The zero-order chi connectivity index (χ0) is 19.6. The van der Waals surface area contributed by atoms with Crippen LogP contribution in [0.5, 0.6) is 0 Å². The number of fused-ring (bicyclic) bond motifs is 1. The van der Waals surface area contributed by atoms with Crippen molar-refractivity contribution in [1.82, 2.24) is 10.3 Å². The van der Waals surface area contributed by atoms with Crippen LogP contribution in [-0.2, 0) is 0 Å². The zero-order valence-electron chi connectivity index (χ0n) is 15.4. The normalized spacial score (nSPS) is 12.7. The second-order valence-corrected chi connectivity index (χ2v) is 6.29. The molecule has 0 atom stereocenters. The number of nitrogens with one attached hydrogen (secondary N) is 1. The van der Waals surface area contributed by atoms with Gasteiger partial charge >= 0.3 is 0 Å². The second kappa shape index (κ2) is 7.45. The van der Waals surface area contributed by atoms with Crippen molar-refractivity contribution in [2.24, 2.45) is 0 Å². The van der Waals surface area contributed by atoms with Crippen molar-refractivity contribution in [2.45, 2.75) is 13.8 Å². The van der Waals surface area contributed by atoms with Crippen LogP contribution >= 0.6 is 0 Å². The molecule has 0 aromatic heterocycles. The molecule has 138 valence electrons. The number of imide groups is 1.